The molecule has 1 rings (SSSR count). The molecule has 0 amide bonds. The van der Waals surface area contributed by atoms with Crippen LogP contribution in [0.2, 0.25) is 0 Å². The van der Waals surface area contributed by atoms with Crippen LogP contribution in [0.15, 0.2) is 0 Å². The van der Waals surface area contributed by atoms with Crippen LogP contribution in [-0.4, -0.2) is 39.4 Å². The second kappa shape index (κ2) is 5.69. The molecule has 1 unspecified atom stereocenters. The van der Waals surface area contributed by atoms with Gasteiger partial charge in [0.1, 0.15) is 0 Å². The van der Waals surface area contributed by atoms with Crippen molar-refractivity contribution >= 4 is 0 Å². The lowest BCUT2D eigenvalue weighted by molar-refractivity contribution is 0.100. The summed E-state index contributed by atoms with van der Waals surface area (Å²) in [4.78, 5) is 0. The summed E-state index contributed by atoms with van der Waals surface area (Å²) in [6.45, 7) is 8.62. The van der Waals surface area contributed by atoms with Crippen LogP contribution in [0.5, 0.6) is 0 Å². The van der Waals surface area contributed by atoms with E-state index in [1.807, 2.05) is 0 Å². The first-order valence-electron chi connectivity index (χ1n) is 5.57. The van der Waals surface area contributed by atoms with Gasteiger partial charge in [-0.2, -0.15) is 0 Å². The van der Waals surface area contributed by atoms with Crippen molar-refractivity contribution in [1.82, 2.24) is 10.6 Å². The zero-order chi connectivity index (χ0) is 10.4. The van der Waals surface area contributed by atoms with E-state index in [4.69, 9.17) is 4.74 Å². The fraction of sp³-hybridized carbons (Fsp3) is 1.00. The van der Waals surface area contributed by atoms with E-state index in [-0.39, 0.29) is 5.41 Å². The van der Waals surface area contributed by atoms with E-state index in [9.17, 15) is 0 Å². The number of methoxy groups -OCH3 is 1. The van der Waals surface area contributed by atoms with Gasteiger partial charge in [0.15, 0.2) is 0 Å². The first kappa shape index (κ1) is 12.0. The third kappa shape index (κ3) is 4.40. The van der Waals surface area contributed by atoms with Gasteiger partial charge in [0.25, 0.3) is 0 Å². The maximum atomic E-state index is 5.19. The second-order valence-corrected chi connectivity index (χ2v) is 5.02. The molecule has 1 heterocycles. The van der Waals surface area contributed by atoms with Crippen LogP contribution < -0.4 is 10.6 Å². The molecule has 14 heavy (non-hydrogen) atoms. The lowest BCUT2D eigenvalue weighted by Gasteiger charge is -2.30. The predicted octanol–water partition coefficient (Wildman–Crippen LogP) is 1.00. The van der Waals surface area contributed by atoms with Gasteiger partial charge in [0, 0.05) is 31.7 Å². The fourth-order valence-electron chi connectivity index (χ4n) is 1.89. The van der Waals surface area contributed by atoms with E-state index in [1.54, 1.807) is 7.11 Å². The molecule has 1 saturated heterocycles. The van der Waals surface area contributed by atoms with Crippen molar-refractivity contribution in [2.75, 3.05) is 33.4 Å². The minimum atomic E-state index is 0.242. The molecule has 0 aromatic rings. The summed E-state index contributed by atoms with van der Waals surface area (Å²) >= 11 is 0. The monoisotopic (exact) mass is 200 g/mol. The minimum absolute atomic E-state index is 0.242. The first-order chi connectivity index (χ1) is 6.64. The standard InChI is InChI=1S/C11H24N2O/c1-11(2,9-14-3)8-13-10-5-4-6-12-7-10/h10,12-13H,4-9H2,1-3H3. The van der Waals surface area contributed by atoms with Gasteiger partial charge in [-0.1, -0.05) is 13.8 Å². The third-order valence-electron chi connectivity index (χ3n) is 2.70. The number of rotatable bonds is 5. The number of hydrogen-bond donors (Lipinski definition) is 2. The van der Waals surface area contributed by atoms with E-state index < -0.39 is 0 Å². The Morgan fingerprint density at radius 2 is 2.29 bits per heavy atom. The molecule has 1 aliphatic rings. The molecule has 0 aliphatic carbocycles. The molecule has 1 fully saturated rings. The van der Waals surface area contributed by atoms with Crippen LogP contribution in [0, 0.1) is 5.41 Å². The SMILES string of the molecule is COCC(C)(C)CNC1CCCNC1. The van der Waals surface area contributed by atoms with Crippen LogP contribution in [0.4, 0.5) is 0 Å². The van der Waals surface area contributed by atoms with Crippen LogP contribution in [0.1, 0.15) is 26.7 Å². The van der Waals surface area contributed by atoms with E-state index in [0.717, 1.165) is 19.7 Å². The number of ether oxygens (including phenoxy) is 1. The molecule has 3 nitrogen and oxygen atoms in total. The molecule has 3 heteroatoms. The largest absolute Gasteiger partial charge is 0.384 e. The number of piperidine rings is 1. The molecule has 0 spiro atoms. The van der Waals surface area contributed by atoms with Gasteiger partial charge in [-0.25, -0.2) is 0 Å². The van der Waals surface area contributed by atoms with Gasteiger partial charge in [-0.15, -0.1) is 0 Å². The minimum Gasteiger partial charge on any atom is -0.384 e. The van der Waals surface area contributed by atoms with Crippen LogP contribution in [0.25, 0.3) is 0 Å². The van der Waals surface area contributed by atoms with Crippen molar-refractivity contribution in [3.63, 3.8) is 0 Å². The predicted molar refractivity (Wildman–Crippen MR) is 59.6 cm³/mol. The van der Waals surface area contributed by atoms with E-state index in [0.29, 0.717) is 6.04 Å². The van der Waals surface area contributed by atoms with Gasteiger partial charge in [-0.3, -0.25) is 0 Å². The molecule has 0 radical (unpaired) electrons. The Kier molecular flexibility index (Phi) is 4.85. The molecule has 84 valence electrons. The lowest BCUT2D eigenvalue weighted by Crippen LogP contribution is -2.46. The molecule has 1 aliphatic heterocycles. The summed E-state index contributed by atoms with van der Waals surface area (Å²) < 4.78 is 5.19. The zero-order valence-corrected chi connectivity index (χ0v) is 9.73. The highest BCUT2D eigenvalue weighted by molar-refractivity contribution is 4.79. The maximum absolute atomic E-state index is 5.19. The number of nitrogens with one attached hydrogen (secondary N) is 2. The Labute approximate surface area is 87.6 Å². The molecule has 0 aromatic heterocycles. The van der Waals surface area contributed by atoms with E-state index in [1.165, 1.54) is 19.4 Å². The third-order valence-corrected chi connectivity index (χ3v) is 2.70. The Morgan fingerprint density at radius 3 is 2.86 bits per heavy atom. The van der Waals surface area contributed by atoms with Crippen molar-refractivity contribution < 1.29 is 4.74 Å². The molecule has 1 atom stereocenters. The molecule has 0 saturated carbocycles. The Morgan fingerprint density at radius 1 is 1.50 bits per heavy atom. The average Bonchev–Trinajstić information content (AvgIpc) is 2.17. The fourth-order valence-corrected chi connectivity index (χ4v) is 1.89. The highest BCUT2D eigenvalue weighted by Gasteiger charge is 2.20. The van der Waals surface area contributed by atoms with Crippen LogP contribution >= 0.6 is 0 Å². The second-order valence-electron chi connectivity index (χ2n) is 5.02. The summed E-state index contributed by atoms with van der Waals surface area (Å²) in [5.74, 6) is 0. The summed E-state index contributed by atoms with van der Waals surface area (Å²) in [6, 6.07) is 0.653. The summed E-state index contributed by atoms with van der Waals surface area (Å²) in [5, 5.41) is 7.01. The molecular formula is C11H24N2O. The van der Waals surface area contributed by atoms with E-state index in [2.05, 4.69) is 24.5 Å². The lowest BCUT2D eigenvalue weighted by atomic mass is 9.94. The highest BCUT2D eigenvalue weighted by Crippen LogP contribution is 2.14. The van der Waals surface area contributed by atoms with Crippen molar-refractivity contribution in [1.29, 1.82) is 0 Å². The average molecular weight is 200 g/mol. The molecule has 0 bridgehead atoms. The van der Waals surface area contributed by atoms with Gasteiger partial charge in [-0.05, 0) is 19.4 Å². The Bertz CT molecular complexity index is 153. The van der Waals surface area contributed by atoms with Crippen molar-refractivity contribution in [2.24, 2.45) is 5.41 Å². The van der Waals surface area contributed by atoms with Gasteiger partial charge < -0.3 is 15.4 Å². The smallest absolute Gasteiger partial charge is 0.0525 e. The Hall–Kier alpha value is -0.120. The number of hydrogen-bond acceptors (Lipinski definition) is 3. The molecule has 0 aromatic carbocycles. The van der Waals surface area contributed by atoms with Gasteiger partial charge in [0.2, 0.25) is 0 Å². The van der Waals surface area contributed by atoms with Crippen LogP contribution in [0.3, 0.4) is 0 Å². The summed E-state index contributed by atoms with van der Waals surface area (Å²) in [5.41, 5.74) is 0.242. The zero-order valence-electron chi connectivity index (χ0n) is 9.73. The van der Waals surface area contributed by atoms with Crippen LogP contribution in [-0.2, 0) is 4.74 Å². The summed E-state index contributed by atoms with van der Waals surface area (Å²) in [6.07, 6.45) is 2.60. The molecule has 2 N–H and O–H groups in total. The first-order valence-corrected chi connectivity index (χ1v) is 5.57. The van der Waals surface area contributed by atoms with Crippen molar-refractivity contribution in [3.8, 4) is 0 Å². The van der Waals surface area contributed by atoms with Crippen molar-refractivity contribution in [2.45, 2.75) is 32.7 Å². The Balaban J connectivity index is 2.17. The summed E-state index contributed by atoms with van der Waals surface area (Å²) in [7, 11) is 1.77. The van der Waals surface area contributed by atoms with Gasteiger partial charge >= 0.3 is 0 Å². The highest BCUT2D eigenvalue weighted by atomic mass is 16.5. The maximum Gasteiger partial charge on any atom is 0.0525 e. The van der Waals surface area contributed by atoms with E-state index >= 15 is 0 Å². The molecular weight excluding hydrogens is 176 g/mol. The normalized spacial score (nSPS) is 23.8. The topological polar surface area (TPSA) is 33.3 Å². The van der Waals surface area contributed by atoms with Crippen molar-refractivity contribution in [3.05, 3.63) is 0 Å². The van der Waals surface area contributed by atoms with Gasteiger partial charge in [0.05, 0.1) is 6.61 Å². The quantitative estimate of drug-likeness (QED) is 0.694.